The number of aromatic nitrogens is 1. The van der Waals surface area contributed by atoms with E-state index in [9.17, 15) is 4.79 Å². The molecule has 0 N–H and O–H groups in total. The smallest absolute Gasteiger partial charge is 0.222 e. The molecular formula is C11H14N2O2. The van der Waals surface area contributed by atoms with Crippen LogP contribution in [0.3, 0.4) is 0 Å². The first-order valence-electron chi connectivity index (χ1n) is 5.06. The molecule has 1 aromatic heterocycles. The van der Waals surface area contributed by atoms with Gasteiger partial charge >= 0.3 is 0 Å². The summed E-state index contributed by atoms with van der Waals surface area (Å²) in [5.41, 5.74) is 0. The van der Waals surface area contributed by atoms with Crippen LogP contribution in [-0.4, -0.2) is 35.5 Å². The molecular weight excluding hydrogens is 192 g/mol. The number of pyridine rings is 1. The van der Waals surface area contributed by atoms with Crippen molar-refractivity contribution >= 4 is 5.91 Å². The van der Waals surface area contributed by atoms with Crippen LogP contribution >= 0.6 is 0 Å². The molecule has 1 saturated heterocycles. The monoisotopic (exact) mass is 206 g/mol. The minimum absolute atomic E-state index is 0.204. The Labute approximate surface area is 88.9 Å². The summed E-state index contributed by atoms with van der Waals surface area (Å²) in [4.78, 5) is 17.0. The SMILES string of the molecule is CN1C(=O)CC[C@H]1COc1cccnc1. The fraction of sp³-hybridized carbons (Fsp3) is 0.455. The standard InChI is InChI=1S/C11H14N2O2/c1-13-9(4-5-11(13)14)8-15-10-3-2-6-12-7-10/h2-3,6-7,9H,4-5,8H2,1H3/t9-/m0/s1. The predicted octanol–water partition coefficient (Wildman–Crippen LogP) is 1.08. The van der Waals surface area contributed by atoms with Gasteiger partial charge in [0, 0.05) is 19.7 Å². The lowest BCUT2D eigenvalue weighted by atomic mass is 10.2. The van der Waals surface area contributed by atoms with Crippen molar-refractivity contribution in [3.63, 3.8) is 0 Å². The highest BCUT2D eigenvalue weighted by molar-refractivity contribution is 5.78. The largest absolute Gasteiger partial charge is 0.490 e. The highest BCUT2D eigenvalue weighted by Gasteiger charge is 2.27. The molecule has 2 rings (SSSR count). The van der Waals surface area contributed by atoms with E-state index in [4.69, 9.17) is 4.74 Å². The lowest BCUT2D eigenvalue weighted by molar-refractivity contribution is -0.127. The first-order valence-corrected chi connectivity index (χ1v) is 5.06. The molecule has 80 valence electrons. The maximum Gasteiger partial charge on any atom is 0.222 e. The quantitative estimate of drug-likeness (QED) is 0.743. The molecule has 15 heavy (non-hydrogen) atoms. The highest BCUT2D eigenvalue weighted by atomic mass is 16.5. The fourth-order valence-corrected chi connectivity index (χ4v) is 1.68. The van der Waals surface area contributed by atoms with Crippen molar-refractivity contribution in [2.75, 3.05) is 13.7 Å². The van der Waals surface area contributed by atoms with Crippen LogP contribution in [0.25, 0.3) is 0 Å². The minimum Gasteiger partial charge on any atom is -0.490 e. The third kappa shape index (κ3) is 2.26. The molecule has 1 atom stereocenters. The van der Waals surface area contributed by atoms with Gasteiger partial charge in [-0.3, -0.25) is 9.78 Å². The van der Waals surface area contributed by atoms with Crippen LogP contribution in [0.2, 0.25) is 0 Å². The number of nitrogens with zero attached hydrogens (tertiary/aromatic N) is 2. The fourth-order valence-electron chi connectivity index (χ4n) is 1.68. The van der Waals surface area contributed by atoms with Crippen LogP contribution < -0.4 is 4.74 Å². The third-order valence-corrected chi connectivity index (χ3v) is 2.71. The number of rotatable bonds is 3. The van der Waals surface area contributed by atoms with Gasteiger partial charge in [0.15, 0.2) is 0 Å². The molecule has 4 nitrogen and oxygen atoms in total. The Morgan fingerprint density at radius 1 is 1.67 bits per heavy atom. The van der Waals surface area contributed by atoms with Crippen molar-refractivity contribution in [1.82, 2.24) is 9.88 Å². The molecule has 0 unspecified atom stereocenters. The summed E-state index contributed by atoms with van der Waals surface area (Å²) in [6.07, 6.45) is 4.90. The summed E-state index contributed by atoms with van der Waals surface area (Å²) >= 11 is 0. The highest BCUT2D eigenvalue weighted by Crippen LogP contribution is 2.17. The van der Waals surface area contributed by atoms with Gasteiger partial charge in [-0.05, 0) is 18.6 Å². The van der Waals surface area contributed by atoms with E-state index < -0.39 is 0 Å². The molecule has 1 aliphatic heterocycles. The summed E-state index contributed by atoms with van der Waals surface area (Å²) in [6.45, 7) is 0.550. The van der Waals surface area contributed by atoms with E-state index in [2.05, 4.69) is 4.98 Å². The number of likely N-dealkylation sites (N-methyl/N-ethyl adjacent to an activating group) is 1. The second kappa shape index (κ2) is 4.29. The Balaban J connectivity index is 1.87. The van der Waals surface area contributed by atoms with Gasteiger partial charge in [-0.2, -0.15) is 0 Å². The number of ether oxygens (including phenoxy) is 1. The second-order valence-corrected chi connectivity index (χ2v) is 3.70. The average molecular weight is 206 g/mol. The van der Waals surface area contributed by atoms with Crippen LogP contribution in [0.4, 0.5) is 0 Å². The number of likely N-dealkylation sites (tertiary alicyclic amines) is 1. The Morgan fingerprint density at radius 2 is 2.53 bits per heavy atom. The minimum atomic E-state index is 0.204. The zero-order valence-corrected chi connectivity index (χ0v) is 8.72. The van der Waals surface area contributed by atoms with E-state index in [0.29, 0.717) is 13.0 Å². The van der Waals surface area contributed by atoms with Crippen LogP contribution in [0, 0.1) is 0 Å². The molecule has 1 amide bonds. The molecule has 0 spiro atoms. The first kappa shape index (κ1) is 9.96. The third-order valence-electron chi connectivity index (χ3n) is 2.71. The molecule has 1 fully saturated rings. The molecule has 0 aliphatic carbocycles. The van der Waals surface area contributed by atoms with Crippen LogP contribution in [0.5, 0.6) is 5.75 Å². The van der Waals surface area contributed by atoms with Crippen molar-refractivity contribution in [2.24, 2.45) is 0 Å². The molecule has 2 heterocycles. The first-order chi connectivity index (χ1) is 7.27. The van der Waals surface area contributed by atoms with Gasteiger partial charge in [-0.1, -0.05) is 0 Å². The Hall–Kier alpha value is -1.58. The van der Waals surface area contributed by atoms with Gasteiger partial charge in [0.25, 0.3) is 0 Å². The van der Waals surface area contributed by atoms with Crippen LogP contribution in [0.15, 0.2) is 24.5 Å². The molecule has 0 aromatic carbocycles. The van der Waals surface area contributed by atoms with Crippen molar-refractivity contribution in [3.8, 4) is 5.75 Å². The Kier molecular flexibility index (Phi) is 2.85. The maximum absolute atomic E-state index is 11.3. The van der Waals surface area contributed by atoms with Crippen LogP contribution in [-0.2, 0) is 4.79 Å². The number of amides is 1. The number of hydrogen-bond acceptors (Lipinski definition) is 3. The molecule has 0 saturated carbocycles. The number of carbonyl (C=O) groups excluding carboxylic acids is 1. The van der Waals surface area contributed by atoms with E-state index in [1.54, 1.807) is 17.3 Å². The van der Waals surface area contributed by atoms with E-state index in [-0.39, 0.29) is 11.9 Å². The van der Waals surface area contributed by atoms with Crippen molar-refractivity contribution < 1.29 is 9.53 Å². The van der Waals surface area contributed by atoms with E-state index >= 15 is 0 Å². The lowest BCUT2D eigenvalue weighted by Gasteiger charge is -2.19. The Morgan fingerprint density at radius 3 is 3.13 bits per heavy atom. The topological polar surface area (TPSA) is 42.4 Å². The molecule has 0 radical (unpaired) electrons. The molecule has 1 aromatic rings. The lowest BCUT2D eigenvalue weighted by Crippen LogP contribution is -2.33. The molecule has 0 bridgehead atoms. The van der Waals surface area contributed by atoms with E-state index in [0.717, 1.165) is 12.2 Å². The van der Waals surface area contributed by atoms with Crippen molar-refractivity contribution in [1.29, 1.82) is 0 Å². The van der Waals surface area contributed by atoms with Crippen LogP contribution in [0.1, 0.15) is 12.8 Å². The maximum atomic E-state index is 11.3. The van der Waals surface area contributed by atoms with Crippen molar-refractivity contribution in [3.05, 3.63) is 24.5 Å². The average Bonchev–Trinajstić information content (AvgIpc) is 2.59. The van der Waals surface area contributed by atoms with Gasteiger partial charge in [0.05, 0.1) is 12.2 Å². The van der Waals surface area contributed by atoms with E-state index in [1.807, 2.05) is 19.2 Å². The second-order valence-electron chi connectivity index (χ2n) is 3.70. The van der Waals surface area contributed by atoms with Crippen molar-refractivity contribution in [2.45, 2.75) is 18.9 Å². The zero-order chi connectivity index (χ0) is 10.7. The zero-order valence-electron chi connectivity index (χ0n) is 8.72. The summed E-state index contributed by atoms with van der Waals surface area (Å²) < 4.78 is 5.55. The number of hydrogen-bond donors (Lipinski definition) is 0. The van der Waals surface area contributed by atoms with Gasteiger partial charge in [0.2, 0.25) is 5.91 Å². The summed E-state index contributed by atoms with van der Waals surface area (Å²) in [5.74, 6) is 0.958. The molecule has 4 heteroatoms. The molecule has 1 aliphatic rings. The van der Waals surface area contributed by atoms with Gasteiger partial charge in [-0.15, -0.1) is 0 Å². The van der Waals surface area contributed by atoms with Gasteiger partial charge in [0.1, 0.15) is 12.4 Å². The normalized spacial score (nSPS) is 20.7. The predicted molar refractivity (Wildman–Crippen MR) is 55.5 cm³/mol. The summed E-state index contributed by atoms with van der Waals surface area (Å²) in [5, 5.41) is 0. The summed E-state index contributed by atoms with van der Waals surface area (Å²) in [7, 11) is 1.83. The Bertz CT molecular complexity index is 340. The van der Waals surface area contributed by atoms with E-state index in [1.165, 1.54) is 0 Å². The van der Waals surface area contributed by atoms with Gasteiger partial charge in [-0.25, -0.2) is 0 Å². The van der Waals surface area contributed by atoms with Gasteiger partial charge < -0.3 is 9.64 Å². The summed E-state index contributed by atoms with van der Waals surface area (Å²) in [6, 6.07) is 3.90. The number of carbonyl (C=O) groups is 1.